The summed E-state index contributed by atoms with van der Waals surface area (Å²) in [6.45, 7) is 7.71. The molecule has 5 nitrogen and oxygen atoms in total. The number of nitrogens with zero attached hydrogens (tertiary/aromatic N) is 1. The van der Waals surface area contributed by atoms with Gasteiger partial charge in [0.1, 0.15) is 17.3 Å². The second-order valence-electron chi connectivity index (χ2n) is 7.02. The number of benzene rings is 1. The minimum absolute atomic E-state index is 0.0107. The molecule has 0 aromatic heterocycles. The minimum atomic E-state index is -1.26. The largest absolute Gasteiger partial charge is 0.486 e. The summed E-state index contributed by atoms with van der Waals surface area (Å²) in [5, 5.41) is 19.7. The second kappa shape index (κ2) is 6.72. The van der Waals surface area contributed by atoms with Crippen molar-refractivity contribution in [3.63, 3.8) is 0 Å². The van der Waals surface area contributed by atoms with Crippen LogP contribution in [0, 0.1) is 20.8 Å². The van der Waals surface area contributed by atoms with Crippen LogP contribution >= 0.6 is 0 Å². The van der Waals surface area contributed by atoms with Gasteiger partial charge in [0.15, 0.2) is 0 Å². The van der Waals surface area contributed by atoms with Crippen LogP contribution in [-0.4, -0.2) is 34.6 Å². The number of aliphatic hydroxyl groups excluding tert-OH is 1. The Morgan fingerprint density at radius 3 is 2.69 bits per heavy atom. The smallest absolute Gasteiger partial charge is 0.320 e. The SMILES string of the molecule is Cc1c(C)c(C2(C(=O)O)CC=CN=C2CCO)c(C)c2c1OC(C)C=C2. The van der Waals surface area contributed by atoms with E-state index in [0.29, 0.717) is 12.1 Å². The average molecular weight is 355 g/mol. The van der Waals surface area contributed by atoms with E-state index in [4.69, 9.17) is 4.74 Å². The Morgan fingerprint density at radius 2 is 2.04 bits per heavy atom. The van der Waals surface area contributed by atoms with Crippen LogP contribution in [0.1, 0.15) is 47.6 Å². The zero-order chi connectivity index (χ0) is 19.1. The van der Waals surface area contributed by atoms with Gasteiger partial charge in [-0.1, -0.05) is 12.2 Å². The lowest BCUT2D eigenvalue weighted by Crippen LogP contribution is -2.46. The number of carboxylic acid groups (broad SMARTS) is 1. The molecule has 0 aliphatic carbocycles. The molecule has 2 aliphatic heterocycles. The number of allylic oxidation sites excluding steroid dienone is 1. The summed E-state index contributed by atoms with van der Waals surface area (Å²) in [5.41, 5.74) is 3.69. The third kappa shape index (κ3) is 2.58. The van der Waals surface area contributed by atoms with Crippen LogP contribution in [0.25, 0.3) is 6.08 Å². The molecule has 2 N–H and O–H groups in total. The van der Waals surface area contributed by atoms with Gasteiger partial charge < -0.3 is 14.9 Å². The third-order valence-corrected chi connectivity index (χ3v) is 5.53. The van der Waals surface area contributed by atoms with Crippen molar-refractivity contribution in [2.45, 2.75) is 52.1 Å². The minimum Gasteiger partial charge on any atom is -0.486 e. The van der Waals surface area contributed by atoms with E-state index in [9.17, 15) is 15.0 Å². The second-order valence-corrected chi connectivity index (χ2v) is 7.02. The molecular weight excluding hydrogens is 330 g/mol. The van der Waals surface area contributed by atoms with Crippen LogP contribution in [0.3, 0.4) is 0 Å². The van der Waals surface area contributed by atoms with Crippen molar-refractivity contribution >= 4 is 17.8 Å². The van der Waals surface area contributed by atoms with Crippen LogP contribution in [0.5, 0.6) is 5.75 Å². The van der Waals surface area contributed by atoms with E-state index in [1.807, 2.05) is 39.8 Å². The van der Waals surface area contributed by atoms with Gasteiger partial charge in [-0.3, -0.25) is 9.79 Å². The molecule has 2 aliphatic rings. The van der Waals surface area contributed by atoms with Gasteiger partial charge >= 0.3 is 5.97 Å². The highest BCUT2D eigenvalue weighted by Crippen LogP contribution is 2.45. The Hall–Kier alpha value is -2.40. The maximum absolute atomic E-state index is 12.6. The van der Waals surface area contributed by atoms with Gasteiger partial charge in [0.2, 0.25) is 0 Å². The first-order valence-corrected chi connectivity index (χ1v) is 8.90. The number of rotatable bonds is 4. The number of carbonyl (C=O) groups is 1. The summed E-state index contributed by atoms with van der Waals surface area (Å²) < 4.78 is 6.02. The molecular formula is C21H25NO4. The van der Waals surface area contributed by atoms with Crippen LogP contribution in [0.2, 0.25) is 0 Å². The molecule has 0 bridgehead atoms. The molecule has 2 atom stereocenters. The zero-order valence-corrected chi connectivity index (χ0v) is 15.7. The molecule has 0 saturated heterocycles. The van der Waals surface area contributed by atoms with E-state index in [1.54, 1.807) is 12.3 Å². The van der Waals surface area contributed by atoms with Crippen molar-refractivity contribution in [1.82, 2.24) is 0 Å². The van der Waals surface area contributed by atoms with Gasteiger partial charge in [-0.05, 0) is 62.4 Å². The highest BCUT2D eigenvalue weighted by atomic mass is 16.5. The lowest BCUT2D eigenvalue weighted by Gasteiger charge is -2.37. The molecule has 26 heavy (non-hydrogen) atoms. The zero-order valence-electron chi connectivity index (χ0n) is 15.7. The molecule has 1 aromatic carbocycles. The average Bonchev–Trinajstić information content (AvgIpc) is 2.61. The number of fused-ring (bicyclic) bond motifs is 1. The monoisotopic (exact) mass is 355 g/mol. The Bertz CT molecular complexity index is 850. The topological polar surface area (TPSA) is 79.1 Å². The van der Waals surface area contributed by atoms with Gasteiger partial charge in [-0.25, -0.2) is 0 Å². The lowest BCUT2D eigenvalue weighted by atomic mass is 9.67. The maximum Gasteiger partial charge on any atom is 0.320 e. The number of aliphatic imine (C=N–C) groups is 1. The molecule has 5 heteroatoms. The van der Waals surface area contributed by atoms with Crippen LogP contribution in [0.15, 0.2) is 23.3 Å². The number of aliphatic hydroxyl groups is 1. The summed E-state index contributed by atoms with van der Waals surface area (Å²) in [4.78, 5) is 16.9. The maximum atomic E-state index is 12.6. The number of carboxylic acids is 1. The Balaban J connectivity index is 2.34. The molecule has 138 valence electrons. The van der Waals surface area contributed by atoms with E-state index < -0.39 is 11.4 Å². The summed E-state index contributed by atoms with van der Waals surface area (Å²) >= 11 is 0. The van der Waals surface area contributed by atoms with Crippen LogP contribution in [-0.2, 0) is 10.2 Å². The number of aliphatic carboxylic acids is 1. The summed E-state index contributed by atoms with van der Waals surface area (Å²) in [5.74, 6) is -0.111. The fourth-order valence-electron chi connectivity index (χ4n) is 4.14. The van der Waals surface area contributed by atoms with Gasteiger partial charge in [-0.15, -0.1) is 0 Å². The third-order valence-electron chi connectivity index (χ3n) is 5.53. The van der Waals surface area contributed by atoms with Crippen LogP contribution in [0.4, 0.5) is 0 Å². The van der Waals surface area contributed by atoms with Gasteiger partial charge in [-0.2, -0.15) is 0 Å². The van der Waals surface area contributed by atoms with Crippen molar-refractivity contribution in [2.24, 2.45) is 4.99 Å². The number of hydrogen-bond acceptors (Lipinski definition) is 4. The fourth-order valence-corrected chi connectivity index (χ4v) is 4.14. The number of ether oxygens (including phenoxy) is 1. The first kappa shape index (κ1) is 18.4. The van der Waals surface area contributed by atoms with Crippen molar-refractivity contribution in [3.05, 3.63) is 46.2 Å². The Labute approximate surface area is 153 Å². The molecule has 0 spiro atoms. The molecule has 0 amide bonds. The summed E-state index contributed by atoms with van der Waals surface area (Å²) in [6, 6.07) is 0. The predicted molar refractivity (Wildman–Crippen MR) is 102 cm³/mol. The Kier molecular flexibility index (Phi) is 4.76. The Morgan fingerprint density at radius 1 is 1.31 bits per heavy atom. The van der Waals surface area contributed by atoms with E-state index >= 15 is 0 Å². The van der Waals surface area contributed by atoms with Gasteiger partial charge in [0.05, 0.1) is 0 Å². The van der Waals surface area contributed by atoms with Crippen molar-refractivity contribution in [3.8, 4) is 5.75 Å². The van der Waals surface area contributed by atoms with E-state index in [0.717, 1.165) is 33.6 Å². The first-order valence-electron chi connectivity index (χ1n) is 8.90. The van der Waals surface area contributed by atoms with Gasteiger partial charge in [0.25, 0.3) is 0 Å². The first-order chi connectivity index (χ1) is 12.3. The molecule has 1 aromatic rings. The number of hydrogen-bond donors (Lipinski definition) is 2. The predicted octanol–water partition coefficient (Wildman–Crippen LogP) is 3.47. The van der Waals surface area contributed by atoms with Crippen LogP contribution < -0.4 is 4.74 Å². The molecule has 2 heterocycles. The van der Waals surface area contributed by atoms with E-state index in [-0.39, 0.29) is 19.1 Å². The van der Waals surface area contributed by atoms with Crippen molar-refractivity contribution < 1.29 is 19.7 Å². The van der Waals surface area contributed by atoms with E-state index in [1.165, 1.54) is 0 Å². The van der Waals surface area contributed by atoms with Gasteiger partial charge in [0, 0.05) is 30.5 Å². The summed E-state index contributed by atoms with van der Waals surface area (Å²) in [7, 11) is 0. The molecule has 0 fully saturated rings. The molecule has 0 saturated carbocycles. The summed E-state index contributed by atoms with van der Waals surface area (Å²) in [6.07, 6.45) is 7.96. The standard InChI is InChI=1S/C21H25NO4/c1-12-6-7-16-15(4)18(13(2)14(3)19(16)26-12)21(20(24)25)9-5-10-22-17(21)8-11-23/h5-7,10,12,23H,8-9,11H2,1-4H3,(H,24,25). The van der Waals surface area contributed by atoms with Crippen molar-refractivity contribution in [2.75, 3.05) is 6.61 Å². The fraction of sp³-hybridized carbons (Fsp3) is 0.429. The molecule has 0 radical (unpaired) electrons. The lowest BCUT2D eigenvalue weighted by molar-refractivity contribution is -0.141. The van der Waals surface area contributed by atoms with E-state index in [2.05, 4.69) is 4.99 Å². The molecule has 2 unspecified atom stereocenters. The molecule has 3 rings (SSSR count). The highest BCUT2D eigenvalue weighted by Gasteiger charge is 2.48. The highest BCUT2D eigenvalue weighted by molar-refractivity contribution is 6.13. The quantitative estimate of drug-likeness (QED) is 0.867. The normalized spacial score (nSPS) is 24.0. The van der Waals surface area contributed by atoms with Crippen molar-refractivity contribution in [1.29, 1.82) is 0 Å².